The van der Waals surface area contributed by atoms with E-state index in [1.165, 1.54) is 15.5 Å². The van der Waals surface area contributed by atoms with E-state index in [1.54, 1.807) is 0 Å². The van der Waals surface area contributed by atoms with Gasteiger partial charge in [0.15, 0.2) is 0 Å². The third-order valence-electron chi connectivity index (χ3n) is 2.12. The zero-order chi connectivity index (χ0) is 9.80. The second-order valence-corrected chi connectivity index (χ2v) is 4.16. The van der Waals surface area contributed by atoms with Crippen LogP contribution in [0.15, 0.2) is 60.7 Å². The Balaban J connectivity index is 2.35. The van der Waals surface area contributed by atoms with E-state index in [0.717, 1.165) is 0 Å². The fourth-order valence-corrected chi connectivity index (χ4v) is 2.08. The molecule has 0 bridgehead atoms. The average Bonchev–Trinajstić information content (AvgIpc) is 2.30. The van der Waals surface area contributed by atoms with Crippen LogP contribution in [0.2, 0.25) is 0 Å². The van der Waals surface area contributed by atoms with Crippen molar-refractivity contribution in [3.63, 3.8) is 0 Å². The molecule has 0 aromatic heterocycles. The zero-order valence-corrected chi connectivity index (χ0v) is 9.87. The quantitative estimate of drug-likeness (QED) is 0.706. The fourth-order valence-electron chi connectivity index (χ4n) is 1.38. The van der Waals surface area contributed by atoms with Gasteiger partial charge in [0.1, 0.15) is 0 Å². The summed E-state index contributed by atoms with van der Waals surface area (Å²) in [7, 11) is 0. The van der Waals surface area contributed by atoms with Crippen LogP contribution in [0.4, 0.5) is 0 Å². The average molecular weight is 239 g/mol. The molecule has 0 aliphatic rings. The first-order chi connectivity index (χ1) is 6.88. The summed E-state index contributed by atoms with van der Waals surface area (Å²) in [5.74, 6) is 0. The summed E-state index contributed by atoms with van der Waals surface area (Å²) in [4.78, 5) is 0. The topological polar surface area (TPSA) is 0 Å². The molecule has 2 rings (SSSR count). The Morgan fingerprint density at radius 2 is 1.00 bits per heavy atom. The van der Waals surface area contributed by atoms with Crippen LogP contribution in [0.1, 0.15) is 11.1 Å². The number of benzene rings is 2. The maximum absolute atomic E-state index is 2.16. The molecule has 0 fully saturated rings. The van der Waals surface area contributed by atoms with Crippen molar-refractivity contribution >= 4 is 20.4 Å². The van der Waals surface area contributed by atoms with Crippen LogP contribution in [0, 0.1) is 0 Å². The van der Waals surface area contributed by atoms with E-state index in [2.05, 4.69) is 64.6 Å². The molecule has 0 heterocycles. The van der Waals surface area contributed by atoms with E-state index in [0.29, 0.717) is 0 Å². The van der Waals surface area contributed by atoms with E-state index in [1.807, 2.05) is 12.1 Å². The van der Waals surface area contributed by atoms with E-state index >= 15 is 0 Å². The molecule has 1 heteroatoms. The van der Waals surface area contributed by atoms with Crippen LogP contribution >= 0.6 is 0 Å². The SMILES string of the molecule is [Ge]=[C](c1ccccc1)c1ccccc1. The molecule has 0 spiro atoms. The van der Waals surface area contributed by atoms with Crippen molar-refractivity contribution in [2.75, 3.05) is 0 Å². The van der Waals surface area contributed by atoms with E-state index in [-0.39, 0.29) is 0 Å². The van der Waals surface area contributed by atoms with E-state index in [4.69, 9.17) is 0 Å². The third kappa shape index (κ3) is 2.02. The van der Waals surface area contributed by atoms with Gasteiger partial charge in [0.05, 0.1) is 0 Å². The summed E-state index contributed by atoms with van der Waals surface area (Å²) in [5.41, 5.74) is 2.58. The van der Waals surface area contributed by atoms with Crippen LogP contribution in [-0.4, -0.2) is 20.4 Å². The Hall–Kier alpha value is -1.15. The molecular weight excluding hydrogens is 229 g/mol. The molecule has 66 valence electrons. The van der Waals surface area contributed by atoms with Gasteiger partial charge in [0.25, 0.3) is 0 Å². The van der Waals surface area contributed by atoms with Crippen molar-refractivity contribution in [3.05, 3.63) is 71.8 Å². The van der Waals surface area contributed by atoms with Gasteiger partial charge in [-0.15, -0.1) is 0 Å². The van der Waals surface area contributed by atoms with Gasteiger partial charge in [-0.25, -0.2) is 0 Å². The number of hydrogen-bond donors (Lipinski definition) is 0. The summed E-state index contributed by atoms with van der Waals surface area (Å²) in [6, 6.07) is 20.9. The van der Waals surface area contributed by atoms with Gasteiger partial charge in [-0.3, -0.25) is 0 Å². The fraction of sp³-hybridized carbons (Fsp3) is 0. The molecule has 0 amide bonds. The molecule has 0 N–H and O–H groups in total. The molecule has 2 radical (unpaired) electrons. The molecule has 0 atom stereocenters. The van der Waals surface area contributed by atoms with E-state index < -0.39 is 0 Å². The van der Waals surface area contributed by atoms with Crippen LogP contribution in [0.3, 0.4) is 0 Å². The van der Waals surface area contributed by atoms with Crippen molar-refractivity contribution in [2.24, 2.45) is 0 Å². The second kappa shape index (κ2) is 4.38. The van der Waals surface area contributed by atoms with Crippen LogP contribution in [0.5, 0.6) is 0 Å². The summed E-state index contributed by atoms with van der Waals surface area (Å²) >= 11 is 2.16. The summed E-state index contributed by atoms with van der Waals surface area (Å²) < 4.78 is 1.33. The molecule has 2 aromatic carbocycles. The molecule has 0 nitrogen and oxygen atoms in total. The zero-order valence-electron chi connectivity index (χ0n) is 7.77. The molecule has 0 aliphatic heterocycles. The Morgan fingerprint density at radius 3 is 1.36 bits per heavy atom. The Morgan fingerprint density at radius 1 is 0.643 bits per heavy atom. The van der Waals surface area contributed by atoms with Gasteiger partial charge in [-0.05, 0) is 0 Å². The molecule has 2 aromatic rings. The Kier molecular flexibility index (Phi) is 2.94. The predicted octanol–water partition coefficient (Wildman–Crippen LogP) is 2.42. The molecule has 0 aliphatic carbocycles. The minimum absolute atomic E-state index is 1.29. The molecular formula is C13H10Ge. The van der Waals surface area contributed by atoms with Crippen LogP contribution in [-0.2, 0) is 0 Å². The summed E-state index contributed by atoms with van der Waals surface area (Å²) in [6.45, 7) is 0. The normalized spacial score (nSPS) is 9.71. The van der Waals surface area contributed by atoms with Crippen LogP contribution < -0.4 is 0 Å². The first-order valence-electron chi connectivity index (χ1n) is 4.57. The number of rotatable bonds is 2. The van der Waals surface area contributed by atoms with Gasteiger partial charge in [-0.2, -0.15) is 0 Å². The summed E-state index contributed by atoms with van der Waals surface area (Å²) in [5, 5.41) is 0. The second-order valence-electron chi connectivity index (χ2n) is 3.11. The Labute approximate surface area is 92.4 Å². The van der Waals surface area contributed by atoms with Crippen LogP contribution in [0.25, 0.3) is 0 Å². The molecule has 0 saturated heterocycles. The van der Waals surface area contributed by atoms with Crippen molar-refractivity contribution in [1.82, 2.24) is 0 Å². The summed E-state index contributed by atoms with van der Waals surface area (Å²) in [6.07, 6.45) is 0. The molecule has 14 heavy (non-hydrogen) atoms. The van der Waals surface area contributed by atoms with Crippen molar-refractivity contribution in [2.45, 2.75) is 0 Å². The first kappa shape index (κ1) is 9.41. The van der Waals surface area contributed by atoms with Crippen molar-refractivity contribution in [3.8, 4) is 0 Å². The predicted molar refractivity (Wildman–Crippen MR) is 61.8 cm³/mol. The molecule has 0 saturated carbocycles. The van der Waals surface area contributed by atoms with Gasteiger partial charge in [-0.1, -0.05) is 0 Å². The van der Waals surface area contributed by atoms with Gasteiger partial charge in [0, 0.05) is 0 Å². The van der Waals surface area contributed by atoms with Gasteiger partial charge >= 0.3 is 92.2 Å². The van der Waals surface area contributed by atoms with Crippen molar-refractivity contribution in [1.29, 1.82) is 0 Å². The standard InChI is InChI=1S/C13H10Ge/c14-13(11-7-3-1-4-8-11)12-9-5-2-6-10-12/h1-10H. The van der Waals surface area contributed by atoms with Gasteiger partial charge < -0.3 is 0 Å². The number of hydrogen-bond acceptors (Lipinski definition) is 0. The van der Waals surface area contributed by atoms with E-state index in [9.17, 15) is 0 Å². The monoisotopic (exact) mass is 240 g/mol. The minimum atomic E-state index is 1.29. The first-order valence-corrected chi connectivity index (χ1v) is 5.62. The van der Waals surface area contributed by atoms with Crippen molar-refractivity contribution < 1.29 is 0 Å². The molecule has 0 unspecified atom stereocenters. The van der Waals surface area contributed by atoms with Gasteiger partial charge in [0.2, 0.25) is 0 Å². The maximum atomic E-state index is 2.16. The third-order valence-corrected chi connectivity index (χ3v) is 3.34. The Bertz CT molecular complexity index is 376.